The molecule has 1 aliphatic rings. The summed E-state index contributed by atoms with van der Waals surface area (Å²) >= 11 is 0. The number of carboxylic acid groups (broad SMARTS) is 1. The maximum absolute atomic E-state index is 13.5. The maximum Gasteiger partial charge on any atom is 0.411 e. The van der Waals surface area contributed by atoms with Crippen LogP contribution in [0.5, 0.6) is 0 Å². The van der Waals surface area contributed by atoms with Gasteiger partial charge in [0.2, 0.25) is 5.95 Å². The molecule has 4 N–H and O–H groups in total. The number of aromatic amines is 1. The number of carbonyl (C=O) groups is 2. The average Bonchev–Trinajstić information content (AvgIpc) is 3.26. The van der Waals surface area contributed by atoms with Crippen molar-refractivity contribution in [3.8, 4) is 0 Å². The highest BCUT2D eigenvalue weighted by Gasteiger charge is 2.51. The van der Waals surface area contributed by atoms with Gasteiger partial charge < -0.3 is 15.2 Å². The number of fused-ring (bicyclic) bond motifs is 2. The van der Waals surface area contributed by atoms with Crippen molar-refractivity contribution in [2.45, 2.75) is 19.6 Å². The smallest absolute Gasteiger partial charge is 0.411 e. The van der Waals surface area contributed by atoms with E-state index < -0.39 is 11.8 Å². The Morgan fingerprint density at radius 3 is 2.66 bits per heavy atom. The van der Waals surface area contributed by atoms with Crippen LogP contribution in [0.4, 0.5) is 16.4 Å². The molecule has 8 nitrogen and oxygen atoms in total. The fraction of sp³-hybridized carbons (Fsp3) is 0.125. The van der Waals surface area contributed by atoms with Gasteiger partial charge in [-0.15, -0.1) is 0 Å². The summed E-state index contributed by atoms with van der Waals surface area (Å²) in [5.41, 5.74) is 3.06. The van der Waals surface area contributed by atoms with Crippen LogP contribution < -0.4 is 10.2 Å². The molecule has 1 atom stereocenters. The third-order valence-electron chi connectivity index (χ3n) is 5.78. The number of benzene rings is 3. The number of anilines is 2. The highest BCUT2D eigenvalue weighted by atomic mass is 16.4. The highest BCUT2D eigenvalue weighted by Crippen LogP contribution is 2.46. The Hall–Kier alpha value is -4.17. The van der Waals surface area contributed by atoms with Gasteiger partial charge in [0.15, 0.2) is 5.72 Å². The summed E-state index contributed by atoms with van der Waals surface area (Å²) in [6.45, 7) is 3.83. The molecular weight excluding hydrogens is 408 g/mol. The molecule has 0 fully saturated rings. The van der Waals surface area contributed by atoms with Crippen LogP contribution in [0.2, 0.25) is 0 Å². The molecule has 0 radical (unpaired) electrons. The first-order valence-corrected chi connectivity index (χ1v) is 10.0. The van der Waals surface area contributed by atoms with Crippen molar-refractivity contribution in [1.29, 1.82) is 0 Å². The number of aliphatic hydroxyl groups is 1. The molecule has 0 aliphatic carbocycles. The van der Waals surface area contributed by atoms with E-state index in [1.54, 1.807) is 42.5 Å². The number of hydrogen-bond acceptors (Lipinski definition) is 4. The van der Waals surface area contributed by atoms with Crippen LogP contribution in [0.25, 0.3) is 11.0 Å². The first-order valence-electron chi connectivity index (χ1n) is 10.0. The quantitative estimate of drug-likeness (QED) is 0.391. The van der Waals surface area contributed by atoms with E-state index in [0.717, 1.165) is 11.1 Å². The van der Waals surface area contributed by atoms with Gasteiger partial charge >= 0.3 is 6.09 Å². The lowest BCUT2D eigenvalue weighted by Crippen LogP contribution is -2.45. The van der Waals surface area contributed by atoms with Crippen LogP contribution in [-0.4, -0.2) is 32.2 Å². The van der Waals surface area contributed by atoms with Crippen LogP contribution in [0.15, 0.2) is 60.7 Å². The molecule has 1 unspecified atom stereocenters. The number of rotatable bonds is 3. The van der Waals surface area contributed by atoms with Gasteiger partial charge in [-0.3, -0.25) is 15.0 Å². The van der Waals surface area contributed by atoms with Crippen molar-refractivity contribution in [3.63, 3.8) is 0 Å². The minimum Gasteiger partial charge on any atom is -0.465 e. The molecule has 4 aromatic rings. The molecule has 160 valence electrons. The van der Waals surface area contributed by atoms with E-state index in [1.807, 2.05) is 32.0 Å². The third kappa shape index (κ3) is 2.84. The van der Waals surface area contributed by atoms with Gasteiger partial charge in [-0.25, -0.2) is 9.78 Å². The summed E-state index contributed by atoms with van der Waals surface area (Å²) in [5.74, 6) is -0.224. The van der Waals surface area contributed by atoms with Gasteiger partial charge in [-0.1, -0.05) is 36.4 Å². The second-order valence-electron chi connectivity index (χ2n) is 7.90. The molecule has 5 rings (SSSR count). The second kappa shape index (κ2) is 6.93. The Bertz CT molecular complexity index is 1410. The number of H-pyrrole nitrogens is 1. The van der Waals surface area contributed by atoms with E-state index in [1.165, 1.54) is 4.90 Å². The van der Waals surface area contributed by atoms with Gasteiger partial charge in [0.05, 0.1) is 16.7 Å². The average molecular weight is 428 g/mol. The van der Waals surface area contributed by atoms with Crippen molar-refractivity contribution in [3.05, 3.63) is 88.5 Å². The van der Waals surface area contributed by atoms with E-state index in [4.69, 9.17) is 5.11 Å². The molecule has 1 aromatic heterocycles. The molecular formula is C24H20N4O4. The van der Waals surface area contributed by atoms with Gasteiger partial charge in [0, 0.05) is 16.7 Å². The summed E-state index contributed by atoms with van der Waals surface area (Å²) in [6.07, 6.45) is -1.24. The van der Waals surface area contributed by atoms with Gasteiger partial charge in [0.25, 0.3) is 5.91 Å². The fourth-order valence-corrected chi connectivity index (χ4v) is 4.27. The summed E-state index contributed by atoms with van der Waals surface area (Å²) < 4.78 is 0. The second-order valence-corrected chi connectivity index (χ2v) is 7.90. The molecule has 0 saturated carbocycles. The molecule has 3 aromatic carbocycles. The maximum atomic E-state index is 13.5. The van der Waals surface area contributed by atoms with Crippen LogP contribution in [-0.2, 0) is 5.72 Å². The minimum atomic E-state index is -1.76. The topological polar surface area (TPSA) is 119 Å². The number of hydrogen-bond donors (Lipinski definition) is 4. The molecule has 0 bridgehead atoms. The number of aryl methyl sites for hydroxylation is 2. The summed E-state index contributed by atoms with van der Waals surface area (Å²) in [4.78, 5) is 33.0. The van der Waals surface area contributed by atoms with Crippen LogP contribution >= 0.6 is 0 Å². The number of nitrogens with zero attached hydrogens (tertiary/aromatic N) is 2. The van der Waals surface area contributed by atoms with E-state index in [0.29, 0.717) is 33.4 Å². The number of nitrogens with one attached hydrogen (secondary N) is 2. The number of amides is 2. The molecule has 8 heteroatoms. The van der Waals surface area contributed by atoms with E-state index >= 15 is 0 Å². The van der Waals surface area contributed by atoms with Gasteiger partial charge in [-0.2, -0.15) is 0 Å². The Balaban J connectivity index is 1.74. The summed E-state index contributed by atoms with van der Waals surface area (Å²) in [7, 11) is 0. The number of carbonyl (C=O) groups excluding carboxylic acids is 1. The van der Waals surface area contributed by atoms with Gasteiger partial charge in [0.1, 0.15) is 0 Å². The molecule has 2 amide bonds. The van der Waals surface area contributed by atoms with Crippen LogP contribution in [0, 0.1) is 13.8 Å². The lowest BCUT2D eigenvalue weighted by Gasteiger charge is -2.35. The predicted octanol–water partition coefficient (Wildman–Crippen LogP) is 4.12. The van der Waals surface area contributed by atoms with Crippen LogP contribution in [0.3, 0.4) is 0 Å². The Kier molecular flexibility index (Phi) is 4.28. The Morgan fingerprint density at radius 1 is 1.09 bits per heavy atom. The lowest BCUT2D eigenvalue weighted by atomic mass is 9.93. The Morgan fingerprint density at radius 2 is 1.88 bits per heavy atom. The van der Waals surface area contributed by atoms with Gasteiger partial charge in [-0.05, 0) is 49.2 Å². The lowest BCUT2D eigenvalue weighted by molar-refractivity contribution is 0.0703. The highest BCUT2D eigenvalue weighted by molar-refractivity contribution is 6.13. The standard InChI is InChI=1S/C24H20N4O4/c1-13-7-8-14(2)20(11-13)28-21(29)16-5-3-4-6-17(16)24(28,32)15-9-10-18-19(12-15)26-22(25-18)27-23(30)31/h3-12,32H,1-2H3,(H,30,31)(H2,25,26,27). The number of aromatic nitrogens is 2. The van der Waals surface area contributed by atoms with Crippen molar-refractivity contribution in [2.75, 3.05) is 10.2 Å². The fourth-order valence-electron chi connectivity index (χ4n) is 4.27. The van der Waals surface area contributed by atoms with Crippen molar-refractivity contribution in [2.24, 2.45) is 0 Å². The first kappa shape index (κ1) is 19.8. The van der Waals surface area contributed by atoms with E-state index in [-0.39, 0.29) is 11.9 Å². The van der Waals surface area contributed by atoms with Crippen molar-refractivity contribution < 1.29 is 19.8 Å². The van der Waals surface area contributed by atoms with Crippen LogP contribution in [0.1, 0.15) is 32.6 Å². The molecule has 0 saturated heterocycles. The predicted molar refractivity (Wildman–Crippen MR) is 120 cm³/mol. The third-order valence-corrected chi connectivity index (χ3v) is 5.78. The first-order chi connectivity index (χ1) is 15.3. The number of imidazole rings is 1. The molecule has 32 heavy (non-hydrogen) atoms. The summed E-state index contributed by atoms with van der Waals surface area (Å²) in [6, 6.07) is 17.8. The molecule has 1 aliphatic heterocycles. The zero-order chi connectivity index (χ0) is 22.6. The Labute approximate surface area is 183 Å². The largest absolute Gasteiger partial charge is 0.465 e. The SMILES string of the molecule is Cc1ccc(C)c(N2C(=O)c3ccccc3C2(O)c2ccc3[nH]c(NC(=O)O)nc3c2)c1. The molecule has 0 spiro atoms. The van der Waals surface area contributed by atoms with Crippen molar-refractivity contribution >= 4 is 34.7 Å². The van der Waals surface area contributed by atoms with E-state index in [9.17, 15) is 14.7 Å². The summed E-state index contributed by atoms with van der Waals surface area (Å²) in [5, 5.41) is 23.3. The van der Waals surface area contributed by atoms with E-state index in [2.05, 4.69) is 15.3 Å². The zero-order valence-electron chi connectivity index (χ0n) is 17.4. The normalized spacial score (nSPS) is 17.6. The van der Waals surface area contributed by atoms with Crippen molar-refractivity contribution in [1.82, 2.24) is 9.97 Å². The zero-order valence-corrected chi connectivity index (χ0v) is 17.4. The molecule has 2 heterocycles. The minimum absolute atomic E-state index is 0.0749. The monoisotopic (exact) mass is 428 g/mol.